The van der Waals surface area contributed by atoms with Crippen LogP contribution in [0.25, 0.3) is 0 Å². The summed E-state index contributed by atoms with van der Waals surface area (Å²) in [5, 5.41) is 2.58. The highest BCUT2D eigenvalue weighted by atomic mass is 16.5. The molecule has 1 unspecified atom stereocenters. The number of carbonyl (C=O) groups excluding carboxylic acids is 1. The Labute approximate surface area is 88.9 Å². The molecule has 1 amide bonds. The average Bonchev–Trinajstić information content (AvgIpc) is 2.27. The fourth-order valence-electron chi connectivity index (χ4n) is 0.878. The molecule has 1 rings (SSSR count). The Morgan fingerprint density at radius 1 is 1.60 bits per heavy atom. The molecule has 0 aliphatic carbocycles. The summed E-state index contributed by atoms with van der Waals surface area (Å²) in [7, 11) is 0. The Kier molecular flexibility index (Phi) is 4.70. The van der Waals surface area contributed by atoms with E-state index in [0.29, 0.717) is 5.82 Å². The van der Waals surface area contributed by atoms with Crippen LogP contribution in [0.1, 0.15) is 20.3 Å². The van der Waals surface area contributed by atoms with Crippen LogP contribution < -0.4 is 5.32 Å². The van der Waals surface area contributed by atoms with Crippen molar-refractivity contribution in [2.75, 3.05) is 11.9 Å². The van der Waals surface area contributed by atoms with E-state index >= 15 is 0 Å². The van der Waals surface area contributed by atoms with Crippen molar-refractivity contribution in [3.05, 3.63) is 18.6 Å². The summed E-state index contributed by atoms with van der Waals surface area (Å²) in [6.07, 6.45) is 5.54. The number of ether oxygens (including phenoxy) is 1. The molecule has 82 valence electrons. The zero-order valence-electron chi connectivity index (χ0n) is 8.93. The normalized spacial score (nSPS) is 12.1. The molecule has 1 aromatic rings. The van der Waals surface area contributed by atoms with Gasteiger partial charge in [-0.15, -0.1) is 0 Å². The SMILES string of the molecule is CCC(C)OCC(=O)Nc1cnccn1. The Morgan fingerprint density at radius 3 is 3.00 bits per heavy atom. The number of rotatable bonds is 5. The molecule has 0 bridgehead atoms. The van der Waals surface area contributed by atoms with Crippen molar-refractivity contribution in [3.63, 3.8) is 0 Å². The molecule has 5 nitrogen and oxygen atoms in total. The second-order valence-corrected chi connectivity index (χ2v) is 3.17. The van der Waals surface area contributed by atoms with Crippen LogP contribution >= 0.6 is 0 Å². The summed E-state index contributed by atoms with van der Waals surface area (Å²) >= 11 is 0. The summed E-state index contributed by atoms with van der Waals surface area (Å²) < 4.78 is 5.26. The first-order valence-electron chi connectivity index (χ1n) is 4.89. The molecule has 0 radical (unpaired) electrons. The minimum atomic E-state index is -0.212. The topological polar surface area (TPSA) is 64.1 Å². The van der Waals surface area contributed by atoms with Gasteiger partial charge in [-0.1, -0.05) is 6.92 Å². The first-order valence-corrected chi connectivity index (χ1v) is 4.89. The highest BCUT2D eigenvalue weighted by molar-refractivity contribution is 5.90. The molecular weight excluding hydrogens is 194 g/mol. The Hall–Kier alpha value is -1.49. The largest absolute Gasteiger partial charge is 0.369 e. The Balaban J connectivity index is 2.31. The van der Waals surface area contributed by atoms with Crippen LogP contribution in [-0.2, 0) is 9.53 Å². The van der Waals surface area contributed by atoms with Gasteiger partial charge in [-0.3, -0.25) is 9.78 Å². The van der Waals surface area contributed by atoms with Crippen LogP contribution in [0.3, 0.4) is 0 Å². The van der Waals surface area contributed by atoms with Crippen LogP contribution in [0, 0.1) is 0 Å². The van der Waals surface area contributed by atoms with Crippen molar-refractivity contribution < 1.29 is 9.53 Å². The van der Waals surface area contributed by atoms with E-state index in [4.69, 9.17) is 4.74 Å². The van der Waals surface area contributed by atoms with Gasteiger partial charge in [-0.05, 0) is 13.3 Å². The van der Waals surface area contributed by atoms with Crippen LogP contribution in [0.2, 0.25) is 0 Å². The van der Waals surface area contributed by atoms with Gasteiger partial charge >= 0.3 is 0 Å². The molecule has 1 atom stereocenters. The van der Waals surface area contributed by atoms with Crippen molar-refractivity contribution in [1.82, 2.24) is 9.97 Å². The van der Waals surface area contributed by atoms with E-state index < -0.39 is 0 Å². The lowest BCUT2D eigenvalue weighted by Crippen LogP contribution is -2.22. The monoisotopic (exact) mass is 209 g/mol. The first-order chi connectivity index (χ1) is 7.22. The fraction of sp³-hybridized carbons (Fsp3) is 0.500. The van der Waals surface area contributed by atoms with E-state index in [1.54, 1.807) is 6.20 Å². The van der Waals surface area contributed by atoms with Gasteiger partial charge in [0.15, 0.2) is 5.82 Å². The lowest BCUT2D eigenvalue weighted by molar-refractivity contribution is -0.122. The van der Waals surface area contributed by atoms with Crippen molar-refractivity contribution in [3.8, 4) is 0 Å². The number of hydrogen-bond acceptors (Lipinski definition) is 4. The number of anilines is 1. The smallest absolute Gasteiger partial charge is 0.251 e. The standard InChI is InChI=1S/C10H15N3O2/c1-3-8(2)15-7-10(14)13-9-6-11-4-5-12-9/h4-6,8H,3,7H2,1-2H3,(H,12,13,14). The van der Waals surface area contributed by atoms with Gasteiger partial charge in [0.05, 0.1) is 12.3 Å². The number of nitrogens with zero attached hydrogens (tertiary/aromatic N) is 2. The first kappa shape index (κ1) is 11.6. The van der Waals surface area contributed by atoms with Gasteiger partial charge in [-0.25, -0.2) is 4.98 Å². The number of amides is 1. The molecule has 0 spiro atoms. The molecule has 0 aromatic carbocycles. The summed E-state index contributed by atoms with van der Waals surface area (Å²) in [5.74, 6) is 0.228. The summed E-state index contributed by atoms with van der Waals surface area (Å²) in [6.45, 7) is 3.98. The van der Waals surface area contributed by atoms with E-state index in [2.05, 4.69) is 15.3 Å². The molecule has 5 heteroatoms. The number of carbonyl (C=O) groups is 1. The summed E-state index contributed by atoms with van der Waals surface area (Å²) in [6, 6.07) is 0. The van der Waals surface area contributed by atoms with Crippen LogP contribution in [0.5, 0.6) is 0 Å². The molecule has 1 heterocycles. The third-order valence-electron chi connectivity index (χ3n) is 1.90. The maximum atomic E-state index is 11.3. The quantitative estimate of drug-likeness (QED) is 0.792. The highest BCUT2D eigenvalue weighted by Crippen LogP contribution is 1.99. The Bertz CT molecular complexity index is 303. The minimum Gasteiger partial charge on any atom is -0.369 e. The summed E-state index contributed by atoms with van der Waals surface area (Å²) in [5.41, 5.74) is 0. The lowest BCUT2D eigenvalue weighted by Gasteiger charge is -2.09. The maximum Gasteiger partial charge on any atom is 0.251 e. The van der Waals surface area contributed by atoms with E-state index in [9.17, 15) is 4.79 Å². The molecular formula is C10H15N3O2. The number of aromatic nitrogens is 2. The van der Waals surface area contributed by atoms with E-state index in [1.165, 1.54) is 12.4 Å². The molecule has 0 aliphatic rings. The molecule has 0 saturated carbocycles. The van der Waals surface area contributed by atoms with E-state index in [-0.39, 0.29) is 18.6 Å². The predicted octanol–water partition coefficient (Wildman–Crippen LogP) is 1.23. The second-order valence-electron chi connectivity index (χ2n) is 3.17. The average molecular weight is 209 g/mol. The van der Waals surface area contributed by atoms with Gasteiger partial charge in [0.25, 0.3) is 5.91 Å². The minimum absolute atomic E-state index is 0.0472. The zero-order chi connectivity index (χ0) is 11.1. The van der Waals surface area contributed by atoms with Gasteiger partial charge in [0, 0.05) is 12.4 Å². The van der Waals surface area contributed by atoms with Crippen LogP contribution in [-0.4, -0.2) is 28.6 Å². The third-order valence-corrected chi connectivity index (χ3v) is 1.90. The molecule has 0 fully saturated rings. The lowest BCUT2D eigenvalue weighted by atomic mass is 10.3. The predicted molar refractivity (Wildman–Crippen MR) is 56.4 cm³/mol. The van der Waals surface area contributed by atoms with Crippen molar-refractivity contribution in [2.45, 2.75) is 26.4 Å². The van der Waals surface area contributed by atoms with Gasteiger partial charge in [0.2, 0.25) is 0 Å². The third kappa shape index (κ3) is 4.51. The van der Waals surface area contributed by atoms with Gasteiger partial charge < -0.3 is 10.1 Å². The highest BCUT2D eigenvalue weighted by Gasteiger charge is 2.05. The second kappa shape index (κ2) is 6.08. The van der Waals surface area contributed by atoms with Crippen molar-refractivity contribution >= 4 is 11.7 Å². The van der Waals surface area contributed by atoms with E-state index in [1.807, 2.05) is 13.8 Å². The maximum absolute atomic E-state index is 11.3. The molecule has 0 aliphatic heterocycles. The molecule has 0 saturated heterocycles. The number of hydrogen-bond donors (Lipinski definition) is 1. The van der Waals surface area contributed by atoms with E-state index in [0.717, 1.165) is 6.42 Å². The summed E-state index contributed by atoms with van der Waals surface area (Å²) in [4.78, 5) is 19.1. The zero-order valence-corrected chi connectivity index (χ0v) is 8.93. The van der Waals surface area contributed by atoms with Gasteiger partial charge in [-0.2, -0.15) is 0 Å². The van der Waals surface area contributed by atoms with Crippen molar-refractivity contribution in [2.24, 2.45) is 0 Å². The van der Waals surface area contributed by atoms with Crippen LogP contribution in [0.15, 0.2) is 18.6 Å². The Morgan fingerprint density at radius 2 is 2.40 bits per heavy atom. The fourth-order valence-corrected chi connectivity index (χ4v) is 0.878. The molecule has 1 N–H and O–H groups in total. The number of nitrogens with one attached hydrogen (secondary N) is 1. The molecule has 1 aromatic heterocycles. The van der Waals surface area contributed by atoms with Crippen LogP contribution in [0.4, 0.5) is 5.82 Å². The van der Waals surface area contributed by atoms with Crippen molar-refractivity contribution in [1.29, 1.82) is 0 Å². The van der Waals surface area contributed by atoms with Gasteiger partial charge in [0.1, 0.15) is 6.61 Å². The molecule has 15 heavy (non-hydrogen) atoms.